The molecule has 0 unspecified atom stereocenters. The van der Waals surface area contributed by atoms with Gasteiger partial charge >= 0.3 is 0 Å². The Balaban J connectivity index is 0.000000307. The van der Waals surface area contributed by atoms with Crippen molar-refractivity contribution in [2.24, 2.45) is 0 Å². The van der Waals surface area contributed by atoms with Crippen LogP contribution in [0, 0.1) is 34.6 Å². The maximum atomic E-state index is 2.20. The van der Waals surface area contributed by atoms with E-state index in [4.69, 9.17) is 0 Å². The van der Waals surface area contributed by atoms with Crippen molar-refractivity contribution in [2.45, 2.75) is 34.6 Å². The second-order valence-electron chi connectivity index (χ2n) is 5.05. The van der Waals surface area contributed by atoms with Crippen LogP contribution < -0.4 is 0 Å². The quantitative estimate of drug-likeness (QED) is 0.366. The smallest absolute Gasteiger partial charge is 0 e. The van der Waals surface area contributed by atoms with E-state index in [0.717, 1.165) is 0 Å². The van der Waals surface area contributed by atoms with Crippen LogP contribution in [-0.4, -0.2) is 0 Å². The Morgan fingerprint density at radius 3 is 1.19 bits per heavy atom. The molecule has 0 spiro atoms. The van der Waals surface area contributed by atoms with Crippen molar-refractivity contribution < 1.29 is 21.7 Å². The zero-order valence-corrected chi connectivity index (χ0v) is 15.3. The van der Waals surface area contributed by atoms with E-state index in [1.807, 2.05) is 60.7 Å². The third kappa shape index (κ3) is 6.37. The van der Waals surface area contributed by atoms with E-state index in [9.17, 15) is 0 Å². The fraction of sp³-hybridized carbons (Fsp3) is 0.250. The molecule has 0 aliphatic heterocycles. The van der Waals surface area contributed by atoms with Crippen molar-refractivity contribution >= 4 is 0 Å². The average Bonchev–Trinajstić information content (AvgIpc) is 3.22. The number of hydrogen-bond donors (Lipinski definition) is 0. The standard InChI is InChI=1S/C10H15.2C5H5.Ti/c1-6-7(2)9(4)10(5)8(6)3;2*1-2-4-5-3-1;/h1-5H3;2*1-5H;/q-1;-5;-1;. The first-order valence-electron chi connectivity index (χ1n) is 7.08. The van der Waals surface area contributed by atoms with Crippen molar-refractivity contribution in [3.63, 3.8) is 0 Å². The van der Waals surface area contributed by atoms with Gasteiger partial charge in [0.2, 0.25) is 0 Å². The second-order valence-corrected chi connectivity index (χ2v) is 5.05. The molecule has 0 heterocycles. The topological polar surface area (TPSA) is 0 Å². The summed E-state index contributed by atoms with van der Waals surface area (Å²) in [6.07, 6.45) is 0. The van der Waals surface area contributed by atoms with Crippen LogP contribution >= 0.6 is 0 Å². The molecule has 0 radical (unpaired) electrons. The average molecular weight is 313 g/mol. The molecule has 0 nitrogen and oxygen atoms in total. The minimum atomic E-state index is 0. The molecule has 0 saturated carbocycles. The fourth-order valence-corrected chi connectivity index (χ4v) is 2.05. The first-order chi connectivity index (χ1) is 9.55. The summed E-state index contributed by atoms with van der Waals surface area (Å²) in [5, 5.41) is 0. The largest absolute Gasteiger partial charge is 0.748 e. The predicted octanol–water partition coefficient (Wildman–Crippen LogP) is 5.76. The van der Waals surface area contributed by atoms with E-state index in [2.05, 4.69) is 34.6 Å². The van der Waals surface area contributed by atoms with Gasteiger partial charge in [0.15, 0.2) is 0 Å². The van der Waals surface area contributed by atoms with Crippen LogP contribution in [0.5, 0.6) is 0 Å². The monoisotopic (exact) mass is 313 g/mol. The van der Waals surface area contributed by atoms with E-state index >= 15 is 0 Å². The Morgan fingerprint density at radius 2 is 1.05 bits per heavy atom. The number of hydrogen-bond acceptors (Lipinski definition) is 0. The van der Waals surface area contributed by atoms with E-state index in [-0.39, 0.29) is 21.7 Å². The number of rotatable bonds is 0. The molecule has 21 heavy (non-hydrogen) atoms. The molecule has 0 aromatic heterocycles. The molecule has 3 rings (SSSR count). The normalized spacial score (nSPS) is 8.81. The summed E-state index contributed by atoms with van der Waals surface area (Å²) in [4.78, 5) is 0. The van der Waals surface area contributed by atoms with Crippen molar-refractivity contribution in [3.8, 4) is 0 Å². The molecule has 0 atom stereocenters. The zero-order chi connectivity index (χ0) is 15.0. The van der Waals surface area contributed by atoms with Crippen LogP contribution in [0.3, 0.4) is 0 Å². The van der Waals surface area contributed by atoms with Gasteiger partial charge in [0.05, 0.1) is 0 Å². The van der Waals surface area contributed by atoms with E-state index in [1.165, 1.54) is 27.8 Å². The zero-order valence-electron chi connectivity index (χ0n) is 13.8. The molecule has 0 amide bonds. The molecule has 0 bridgehead atoms. The molecular weight excluding hydrogens is 288 g/mol. The molecule has 0 aliphatic rings. The van der Waals surface area contributed by atoms with Gasteiger partial charge in [-0.15, -0.1) is 0 Å². The van der Waals surface area contributed by atoms with Gasteiger partial charge in [0, 0.05) is 21.7 Å². The van der Waals surface area contributed by atoms with Crippen LogP contribution in [0.15, 0.2) is 60.7 Å². The Labute approximate surface area is 144 Å². The maximum absolute atomic E-state index is 2.20. The Hall–Kier alpha value is -1.24. The first-order valence-corrected chi connectivity index (χ1v) is 7.08. The van der Waals surface area contributed by atoms with Gasteiger partial charge in [-0.25, -0.2) is 12.1 Å². The van der Waals surface area contributed by atoms with Gasteiger partial charge in [0.25, 0.3) is 0 Å². The molecule has 0 aliphatic carbocycles. The predicted molar refractivity (Wildman–Crippen MR) is 89.8 cm³/mol. The summed E-state index contributed by atoms with van der Waals surface area (Å²) in [6.45, 7) is 11.0. The van der Waals surface area contributed by atoms with Crippen LogP contribution in [0.2, 0.25) is 0 Å². The van der Waals surface area contributed by atoms with Crippen molar-refractivity contribution in [2.75, 3.05) is 0 Å². The van der Waals surface area contributed by atoms with Crippen LogP contribution in [-0.2, 0) is 21.7 Å². The molecule has 0 N–H and O–H groups in total. The van der Waals surface area contributed by atoms with E-state index in [0.29, 0.717) is 0 Å². The fourth-order valence-electron chi connectivity index (χ4n) is 2.05. The first kappa shape index (κ1) is 19.8. The van der Waals surface area contributed by atoms with Gasteiger partial charge in [-0.05, 0) is 0 Å². The Kier molecular flexibility index (Phi) is 9.87. The van der Waals surface area contributed by atoms with E-state index < -0.39 is 0 Å². The molecule has 3 aromatic rings. The van der Waals surface area contributed by atoms with Gasteiger partial charge < -0.3 is 30.3 Å². The molecule has 3 aromatic carbocycles. The third-order valence-corrected chi connectivity index (χ3v) is 3.92. The van der Waals surface area contributed by atoms with Crippen molar-refractivity contribution in [3.05, 3.63) is 88.5 Å². The SMILES string of the molecule is Cc1c(C)c(C)[c-](C)c1C.[Ti].[cH-]1[cH-][cH-][cH-][cH-]1.c1cc[cH-]c1. The van der Waals surface area contributed by atoms with Crippen molar-refractivity contribution in [1.29, 1.82) is 0 Å². The molecule has 0 saturated heterocycles. The molecule has 0 fully saturated rings. The summed E-state index contributed by atoms with van der Waals surface area (Å²) < 4.78 is 0. The van der Waals surface area contributed by atoms with Crippen LogP contribution in [0.25, 0.3) is 0 Å². The van der Waals surface area contributed by atoms with Crippen molar-refractivity contribution in [1.82, 2.24) is 0 Å². The summed E-state index contributed by atoms with van der Waals surface area (Å²) in [5.41, 5.74) is 7.34. The summed E-state index contributed by atoms with van der Waals surface area (Å²) >= 11 is 0. The van der Waals surface area contributed by atoms with Gasteiger partial charge in [-0.3, -0.25) is 0 Å². The molecule has 1 heteroatoms. The Morgan fingerprint density at radius 1 is 0.714 bits per heavy atom. The third-order valence-electron chi connectivity index (χ3n) is 3.92. The Bertz CT molecular complexity index is 425. The minimum absolute atomic E-state index is 0. The van der Waals surface area contributed by atoms with Gasteiger partial charge in [-0.1, -0.05) is 34.6 Å². The van der Waals surface area contributed by atoms with Crippen LogP contribution in [0.1, 0.15) is 27.8 Å². The molecular formula is C20H25Ti-7. The molecule has 116 valence electrons. The van der Waals surface area contributed by atoms with Gasteiger partial charge in [-0.2, -0.15) is 46.0 Å². The summed E-state index contributed by atoms with van der Waals surface area (Å²) in [7, 11) is 0. The maximum Gasteiger partial charge on any atom is 0 e. The van der Waals surface area contributed by atoms with E-state index in [1.54, 1.807) is 0 Å². The van der Waals surface area contributed by atoms with Gasteiger partial charge in [0.1, 0.15) is 0 Å². The second kappa shape index (κ2) is 10.5. The van der Waals surface area contributed by atoms with Crippen LogP contribution in [0.4, 0.5) is 0 Å². The summed E-state index contributed by atoms with van der Waals surface area (Å²) in [6, 6.07) is 20.0. The minimum Gasteiger partial charge on any atom is -0.748 e. The summed E-state index contributed by atoms with van der Waals surface area (Å²) in [5.74, 6) is 0.